The van der Waals surface area contributed by atoms with Crippen molar-refractivity contribution in [1.82, 2.24) is 15.1 Å². The summed E-state index contributed by atoms with van der Waals surface area (Å²) in [6.45, 7) is 6.22. The fraction of sp³-hybridized carbons (Fsp3) is 0.647. The maximum absolute atomic E-state index is 12.9. The molecule has 1 aromatic heterocycles. The van der Waals surface area contributed by atoms with Gasteiger partial charge in [-0.1, -0.05) is 19.9 Å². The fourth-order valence-corrected chi connectivity index (χ4v) is 4.23. The highest BCUT2D eigenvalue weighted by atomic mass is 32.1. The standard InChI is InChI=1S/C17H25N3O2S/c1-3-19(11-14-5-4-10-23-14)12-20-15(21)17(18-16(20)22)8-6-13(2)7-9-17/h4-5,10,13H,3,6-9,11-12H2,1-2H3,(H,18,22). The minimum atomic E-state index is -0.633. The van der Waals surface area contributed by atoms with E-state index in [2.05, 4.69) is 35.5 Å². The molecule has 2 heterocycles. The molecule has 2 fully saturated rings. The molecule has 1 N–H and O–H groups in total. The van der Waals surface area contributed by atoms with Crippen LogP contribution in [0.25, 0.3) is 0 Å². The zero-order chi connectivity index (χ0) is 16.4. The van der Waals surface area contributed by atoms with Gasteiger partial charge in [-0.3, -0.25) is 9.69 Å². The van der Waals surface area contributed by atoms with E-state index < -0.39 is 5.54 Å². The van der Waals surface area contributed by atoms with Crippen LogP contribution in [0.5, 0.6) is 0 Å². The summed E-state index contributed by atoms with van der Waals surface area (Å²) in [5.74, 6) is 0.615. The molecule has 0 aromatic carbocycles. The topological polar surface area (TPSA) is 52.6 Å². The zero-order valence-corrected chi connectivity index (χ0v) is 14.7. The number of thiophene rings is 1. The van der Waals surface area contributed by atoms with Gasteiger partial charge in [-0.05, 0) is 49.6 Å². The molecule has 0 atom stereocenters. The van der Waals surface area contributed by atoms with Crippen LogP contribution in [0.4, 0.5) is 4.79 Å². The van der Waals surface area contributed by atoms with Crippen molar-refractivity contribution in [3.63, 3.8) is 0 Å². The second kappa shape index (κ2) is 6.61. The summed E-state index contributed by atoms with van der Waals surface area (Å²) in [4.78, 5) is 30.0. The number of urea groups is 1. The minimum absolute atomic E-state index is 0.0287. The Morgan fingerprint density at radius 2 is 2.13 bits per heavy atom. The van der Waals surface area contributed by atoms with Crippen molar-refractivity contribution >= 4 is 23.3 Å². The Hall–Kier alpha value is -1.40. The highest BCUT2D eigenvalue weighted by Crippen LogP contribution is 2.36. The number of hydrogen-bond acceptors (Lipinski definition) is 4. The van der Waals surface area contributed by atoms with Crippen molar-refractivity contribution in [2.75, 3.05) is 13.2 Å². The lowest BCUT2D eigenvalue weighted by Crippen LogP contribution is -2.50. The maximum Gasteiger partial charge on any atom is 0.326 e. The molecule has 0 radical (unpaired) electrons. The van der Waals surface area contributed by atoms with Crippen LogP contribution in [0.2, 0.25) is 0 Å². The zero-order valence-electron chi connectivity index (χ0n) is 13.9. The molecule has 23 heavy (non-hydrogen) atoms. The number of nitrogens with zero attached hydrogens (tertiary/aromatic N) is 2. The average Bonchev–Trinajstić information content (AvgIpc) is 3.12. The molecular weight excluding hydrogens is 310 g/mol. The second-order valence-corrected chi connectivity index (χ2v) is 7.83. The maximum atomic E-state index is 12.9. The van der Waals surface area contributed by atoms with Crippen molar-refractivity contribution < 1.29 is 9.59 Å². The molecule has 3 rings (SSSR count). The predicted molar refractivity (Wildman–Crippen MR) is 91.0 cm³/mol. The number of hydrogen-bond donors (Lipinski definition) is 1. The molecule has 1 aromatic rings. The van der Waals surface area contributed by atoms with Gasteiger partial charge in [0.25, 0.3) is 5.91 Å². The molecule has 1 spiro atoms. The van der Waals surface area contributed by atoms with E-state index in [4.69, 9.17) is 0 Å². The summed E-state index contributed by atoms with van der Waals surface area (Å²) in [5, 5.41) is 5.04. The number of imide groups is 1. The lowest BCUT2D eigenvalue weighted by molar-refractivity contribution is -0.134. The third kappa shape index (κ3) is 3.28. The Kier molecular flexibility index (Phi) is 4.73. The van der Waals surface area contributed by atoms with Gasteiger partial charge in [-0.2, -0.15) is 0 Å². The van der Waals surface area contributed by atoms with Gasteiger partial charge in [0, 0.05) is 11.4 Å². The first-order chi connectivity index (χ1) is 11.0. The largest absolute Gasteiger partial charge is 0.326 e. The van der Waals surface area contributed by atoms with E-state index >= 15 is 0 Å². The lowest BCUT2D eigenvalue weighted by atomic mass is 9.77. The number of carbonyl (C=O) groups excluding carboxylic acids is 2. The SMILES string of the molecule is CCN(Cc1cccs1)CN1C(=O)NC2(CCC(C)CC2)C1=O. The number of carbonyl (C=O) groups is 2. The summed E-state index contributed by atoms with van der Waals surface area (Å²) < 4.78 is 0. The van der Waals surface area contributed by atoms with Gasteiger partial charge in [0.15, 0.2) is 0 Å². The number of rotatable bonds is 5. The van der Waals surface area contributed by atoms with Gasteiger partial charge in [0.1, 0.15) is 5.54 Å². The Labute approximate surface area is 141 Å². The molecule has 3 amide bonds. The van der Waals surface area contributed by atoms with Crippen molar-refractivity contribution in [2.24, 2.45) is 5.92 Å². The van der Waals surface area contributed by atoms with Crippen molar-refractivity contribution in [3.8, 4) is 0 Å². The van der Waals surface area contributed by atoms with E-state index in [0.717, 1.165) is 38.8 Å². The van der Waals surface area contributed by atoms with E-state index in [-0.39, 0.29) is 11.9 Å². The first kappa shape index (κ1) is 16.5. The first-order valence-corrected chi connectivity index (χ1v) is 9.31. The molecule has 1 aliphatic heterocycles. The molecule has 126 valence electrons. The van der Waals surface area contributed by atoms with Gasteiger partial charge in [-0.15, -0.1) is 11.3 Å². The Balaban J connectivity index is 1.67. The van der Waals surface area contributed by atoms with Crippen LogP contribution in [0, 0.1) is 5.92 Å². The van der Waals surface area contributed by atoms with Crippen LogP contribution in [0.1, 0.15) is 44.4 Å². The lowest BCUT2D eigenvalue weighted by Gasteiger charge is -2.34. The van der Waals surface area contributed by atoms with Gasteiger partial charge in [0.05, 0.1) is 6.67 Å². The summed E-state index contributed by atoms with van der Waals surface area (Å²) in [5.41, 5.74) is -0.633. The predicted octanol–water partition coefficient (Wildman–Crippen LogP) is 3.03. The smallest absolute Gasteiger partial charge is 0.323 e. The average molecular weight is 335 g/mol. The highest BCUT2D eigenvalue weighted by molar-refractivity contribution is 7.09. The highest BCUT2D eigenvalue weighted by Gasteiger charge is 2.52. The van der Waals surface area contributed by atoms with Crippen LogP contribution >= 0.6 is 11.3 Å². The van der Waals surface area contributed by atoms with E-state index in [1.165, 1.54) is 9.78 Å². The molecule has 5 nitrogen and oxygen atoms in total. The molecule has 2 aliphatic rings. The molecule has 1 saturated carbocycles. The third-order valence-electron chi connectivity index (χ3n) is 5.12. The molecular formula is C17H25N3O2S. The number of nitrogens with one attached hydrogen (secondary N) is 1. The van der Waals surface area contributed by atoms with Crippen LogP contribution in [-0.4, -0.2) is 40.5 Å². The molecule has 6 heteroatoms. The second-order valence-electron chi connectivity index (χ2n) is 6.79. The Morgan fingerprint density at radius 1 is 1.39 bits per heavy atom. The van der Waals surface area contributed by atoms with E-state index in [9.17, 15) is 9.59 Å². The summed E-state index contributed by atoms with van der Waals surface area (Å²) in [6.07, 6.45) is 3.55. The minimum Gasteiger partial charge on any atom is -0.323 e. The summed E-state index contributed by atoms with van der Waals surface area (Å²) >= 11 is 1.70. The first-order valence-electron chi connectivity index (χ1n) is 8.43. The fourth-order valence-electron chi connectivity index (χ4n) is 3.48. The van der Waals surface area contributed by atoms with Gasteiger partial charge in [-0.25, -0.2) is 9.69 Å². The van der Waals surface area contributed by atoms with Crippen LogP contribution in [-0.2, 0) is 11.3 Å². The van der Waals surface area contributed by atoms with Crippen molar-refractivity contribution in [1.29, 1.82) is 0 Å². The number of amides is 3. The Morgan fingerprint density at radius 3 is 2.74 bits per heavy atom. The van der Waals surface area contributed by atoms with Gasteiger partial charge in [0.2, 0.25) is 0 Å². The monoisotopic (exact) mass is 335 g/mol. The van der Waals surface area contributed by atoms with Gasteiger partial charge >= 0.3 is 6.03 Å². The molecule has 1 saturated heterocycles. The van der Waals surface area contributed by atoms with Gasteiger partial charge < -0.3 is 5.32 Å². The molecule has 0 bridgehead atoms. The van der Waals surface area contributed by atoms with Crippen LogP contribution < -0.4 is 5.32 Å². The Bertz CT molecular complexity index is 564. The third-order valence-corrected chi connectivity index (χ3v) is 5.98. The van der Waals surface area contributed by atoms with E-state index in [0.29, 0.717) is 12.6 Å². The van der Waals surface area contributed by atoms with Crippen molar-refractivity contribution in [3.05, 3.63) is 22.4 Å². The normalized spacial score (nSPS) is 28.0. The van der Waals surface area contributed by atoms with Crippen LogP contribution in [0.3, 0.4) is 0 Å². The molecule has 1 aliphatic carbocycles. The summed E-state index contributed by atoms with van der Waals surface area (Å²) in [6, 6.07) is 3.89. The van der Waals surface area contributed by atoms with E-state index in [1.54, 1.807) is 11.3 Å². The molecule has 0 unspecified atom stereocenters. The van der Waals surface area contributed by atoms with Crippen molar-refractivity contribution in [2.45, 2.75) is 51.6 Å². The van der Waals surface area contributed by atoms with Crippen LogP contribution in [0.15, 0.2) is 17.5 Å². The van der Waals surface area contributed by atoms with E-state index in [1.807, 2.05) is 6.07 Å². The summed E-state index contributed by atoms with van der Waals surface area (Å²) in [7, 11) is 0. The quantitative estimate of drug-likeness (QED) is 0.842.